The van der Waals surface area contributed by atoms with E-state index in [1.54, 1.807) is 0 Å². The molecule has 110 valence electrons. The quantitative estimate of drug-likeness (QED) is 0.807. The SMILES string of the molecule is CCCNC1COCC1C(=O)OCc1cccc(Br)c1. The smallest absolute Gasteiger partial charge is 0.313 e. The highest BCUT2D eigenvalue weighted by atomic mass is 79.9. The van der Waals surface area contributed by atoms with E-state index in [0.29, 0.717) is 19.8 Å². The largest absolute Gasteiger partial charge is 0.460 e. The molecule has 1 saturated heterocycles. The van der Waals surface area contributed by atoms with Crippen molar-refractivity contribution < 1.29 is 14.3 Å². The van der Waals surface area contributed by atoms with Crippen molar-refractivity contribution >= 4 is 21.9 Å². The Morgan fingerprint density at radius 3 is 3.10 bits per heavy atom. The van der Waals surface area contributed by atoms with Gasteiger partial charge in [-0.25, -0.2) is 0 Å². The molecule has 1 aromatic rings. The summed E-state index contributed by atoms with van der Waals surface area (Å²) in [6.07, 6.45) is 1.04. The molecule has 1 aromatic carbocycles. The molecule has 0 aromatic heterocycles. The summed E-state index contributed by atoms with van der Waals surface area (Å²) in [4.78, 5) is 12.1. The lowest BCUT2D eigenvalue weighted by Gasteiger charge is -2.17. The third kappa shape index (κ3) is 4.30. The zero-order valence-electron chi connectivity index (χ0n) is 11.6. The maximum atomic E-state index is 12.1. The standard InChI is InChI=1S/C15H20BrNO3/c1-2-6-17-14-10-19-9-13(14)15(18)20-8-11-4-3-5-12(16)7-11/h3-5,7,13-14,17H,2,6,8-10H2,1H3. The van der Waals surface area contributed by atoms with Crippen molar-refractivity contribution in [3.8, 4) is 0 Å². The number of carbonyl (C=O) groups excluding carboxylic acids is 1. The van der Waals surface area contributed by atoms with E-state index in [4.69, 9.17) is 9.47 Å². The van der Waals surface area contributed by atoms with Gasteiger partial charge in [-0.2, -0.15) is 0 Å². The van der Waals surface area contributed by atoms with Crippen LogP contribution >= 0.6 is 15.9 Å². The summed E-state index contributed by atoms with van der Waals surface area (Å²) in [5, 5.41) is 3.34. The van der Waals surface area contributed by atoms with Gasteiger partial charge in [0.25, 0.3) is 0 Å². The molecule has 0 amide bonds. The van der Waals surface area contributed by atoms with Gasteiger partial charge >= 0.3 is 5.97 Å². The van der Waals surface area contributed by atoms with Crippen LogP contribution in [0.25, 0.3) is 0 Å². The molecule has 1 aliphatic rings. The average Bonchev–Trinajstić information content (AvgIpc) is 2.91. The summed E-state index contributed by atoms with van der Waals surface area (Å²) in [6, 6.07) is 7.84. The molecule has 2 atom stereocenters. The van der Waals surface area contributed by atoms with E-state index < -0.39 is 0 Å². The van der Waals surface area contributed by atoms with Gasteiger partial charge in [0.2, 0.25) is 0 Å². The number of ether oxygens (including phenoxy) is 2. The van der Waals surface area contributed by atoms with Crippen LogP contribution < -0.4 is 5.32 Å². The van der Waals surface area contributed by atoms with Crippen LogP contribution in [0.2, 0.25) is 0 Å². The van der Waals surface area contributed by atoms with Crippen molar-refractivity contribution in [2.45, 2.75) is 26.0 Å². The first-order chi connectivity index (χ1) is 9.70. The fourth-order valence-corrected chi connectivity index (χ4v) is 2.65. The summed E-state index contributed by atoms with van der Waals surface area (Å²) >= 11 is 3.40. The highest BCUT2D eigenvalue weighted by molar-refractivity contribution is 9.10. The highest BCUT2D eigenvalue weighted by Crippen LogP contribution is 2.17. The van der Waals surface area contributed by atoms with E-state index in [1.807, 2.05) is 24.3 Å². The molecule has 1 heterocycles. The predicted molar refractivity (Wildman–Crippen MR) is 80.3 cm³/mol. The van der Waals surface area contributed by atoms with Crippen molar-refractivity contribution in [3.05, 3.63) is 34.3 Å². The van der Waals surface area contributed by atoms with E-state index in [2.05, 4.69) is 28.2 Å². The zero-order valence-corrected chi connectivity index (χ0v) is 13.2. The van der Waals surface area contributed by atoms with E-state index >= 15 is 0 Å². The van der Waals surface area contributed by atoms with Gasteiger partial charge in [-0.05, 0) is 30.7 Å². The molecule has 0 saturated carbocycles. The van der Waals surface area contributed by atoms with E-state index in [-0.39, 0.29) is 17.9 Å². The van der Waals surface area contributed by atoms with Crippen LogP contribution in [0.3, 0.4) is 0 Å². The van der Waals surface area contributed by atoms with Crippen LogP contribution in [-0.2, 0) is 20.9 Å². The molecule has 1 fully saturated rings. The molecule has 20 heavy (non-hydrogen) atoms. The van der Waals surface area contributed by atoms with Gasteiger partial charge in [0.15, 0.2) is 0 Å². The van der Waals surface area contributed by atoms with Gasteiger partial charge in [-0.1, -0.05) is 35.0 Å². The number of benzene rings is 1. The second-order valence-corrected chi connectivity index (χ2v) is 5.86. The van der Waals surface area contributed by atoms with Crippen LogP contribution in [0.4, 0.5) is 0 Å². The molecule has 5 heteroatoms. The lowest BCUT2D eigenvalue weighted by Crippen LogP contribution is -2.40. The highest BCUT2D eigenvalue weighted by Gasteiger charge is 2.34. The van der Waals surface area contributed by atoms with Crippen molar-refractivity contribution in [2.75, 3.05) is 19.8 Å². The lowest BCUT2D eigenvalue weighted by atomic mass is 10.0. The first-order valence-corrected chi connectivity index (χ1v) is 7.72. The second-order valence-electron chi connectivity index (χ2n) is 4.94. The average molecular weight is 342 g/mol. The van der Waals surface area contributed by atoms with E-state index in [0.717, 1.165) is 23.0 Å². The fourth-order valence-electron chi connectivity index (χ4n) is 2.21. The Kier molecular flexibility index (Phi) is 6.01. The molecule has 0 spiro atoms. The number of hydrogen-bond donors (Lipinski definition) is 1. The Hall–Kier alpha value is -0.910. The first kappa shape index (κ1) is 15.5. The van der Waals surface area contributed by atoms with Crippen molar-refractivity contribution in [2.24, 2.45) is 5.92 Å². The molecule has 1 aliphatic heterocycles. The fraction of sp³-hybridized carbons (Fsp3) is 0.533. The van der Waals surface area contributed by atoms with E-state index in [9.17, 15) is 4.79 Å². The lowest BCUT2D eigenvalue weighted by molar-refractivity contribution is -0.150. The van der Waals surface area contributed by atoms with Crippen molar-refractivity contribution in [1.29, 1.82) is 0 Å². The molecule has 2 unspecified atom stereocenters. The summed E-state index contributed by atoms with van der Waals surface area (Å²) in [6.45, 7) is 4.32. The van der Waals surface area contributed by atoms with E-state index in [1.165, 1.54) is 0 Å². The van der Waals surface area contributed by atoms with Crippen molar-refractivity contribution in [3.63, 3.8) is 0 Å². The Morgan fingerprint density at radius 2 is 2.35 bits per heavy atom. The number of halogens is 1. The monoisotopic (exact) mass is 341 g/mol. The maximum absolute atomic E-state index is 12.1. The summed E-state index contributed by atoms with van der Waals surface area (Å²) in [5.74, 6) is -0.384. The van der Waals surface area contributed by atoms with Crippen LogP contribution in [0.5, 0.6) is 0 Å². The number of rotatable bonds is 6. The van der Waals surface area contributed by atoms with Crippen LogP contribution in [0, 0.1) is 5.92 Å². The minimum atomic E-state index is -0.200. The topological polar surface area (TPSA) is 47.6 Å². The molecule has 0 bridgehead atoms. The van der Waals surface area contributed by atoms with Gasteiger partial charge < -0.3 is 14.8 Å². The van der Waals surface area contributed by atoms with Gasteiger partial charge in [0.1, 0.15) is 6.61 Å². The minimum absolute atomic E-state index is 0.0740. The van der Waals surface area contributed by atoms with Gasteiger partial charge in [0.05, 0.1) is 19.1 Å². The molecule has 2 rings (SSSR count). The van der Waals surface area contributed by atoms with Crippen molar-refractivity contribution in [1.82, 2.24) is 5.32 Å². The Morgan fingerprint density at radius 1 is 1.50 bits per heavy atom. The molecular formula is C15H20BrNO3. The maximum Gasteiger partial charge on any atom is 0.313 e. The number of nitrogens with one attached hydrogen (secondary N) is 1. The third-order valence-electron chi connectivity index (χ3n) is 3.31. The Bertz CT molecular complexity index is 452. The Labute approximate surface area is 128 Å². The molecule has 0 radical (unpaired) electrons. The minimum Gasteiger partial charge on any atom is -0.460 e. The summed E-state index contributed by atoms with van der Waals surface area (Å²) < 4.78 is 11.8. The van der Waals surface area contributed by atoms with Crippen LogP contribution in [0.15, 0.2) is 28.7 Å². The Balaban J connectivity index is 1.84. The number of carbonyl (C=O) groups is 1. The zero-order chi connectivity index (χ0) is 14.4. The normalized spacial score (nSPS) is 21.9. The molecule has 0 aliphatic carbocycles. The van der Waals surface area contributed by atoms with Gasteiger partial charge in [-0.3, -0.25) is 4.79 Å². The first-order valence-electron chi connectivity index (χ1n) is 6.93. The van der Waals surface area contributed by atoms with Crippen LogP contribution in [0.1, 0.15) is 18.9 Å². The summed E-state index contributed by atoms with van der Waals surface area (Å²) in [7, 11) is 0. The molecular weight excluding hydrogens is 322 g/mol. The number of hydrogen-bond acceptors (Lipinski definition) is 4. The van der Waals surface area contributed by atoms with Gasteiger partial charge in [-0.15, -0.1) is 0 Å². The third-order valence-corrected chi connectivity index (χ3v) is 3.80. The molecule has 4 nitrogen and oxygen atoms in total. The van der Waals surface area contributed by atoms with Crippen LogP contribution in [-0.4, -0.2) is 31.8 Å². The summed E-state index contributed by atoms with van der Waals surface area (Å²) in [5.41, 5.74) is 0.977. The van der Waals surface area contributed by atoms with Gasteiger partial charge in [0, 0.05) is 10.5 Å². The second kappa shape index (κ2) is 7.76. The number of esters is 1. The molecule has 1 N–H and O–H groups in total. The predicted octanol–water partition coefficient (Wildman–Crippen LogP) is 2.51.